The van der Waals surface area contributed by atoms with Gasteiger partial charge in [-0.15, -0.1) is 0 Å². The van der Waals surface area contributed by atoms with Gasteiger partial charge in [0.2, 0.25) is 0 Å². The summed E-state index contributed by atoms with van der Waals surface area (Å²) in [6.07, 6.45) is 0. The van der Waals surface area contributed by atoms with Crippen LogP contribution in [0.2, 0.25) is 0 Å². The topological polar surface area (TPSA) is 50.7 Å². The molecule has 0 aromatic heterocycles. The highest BCUT2D eigenvalue weighted by Crippen LogP contribution is 2.29. The number of hydrogen-bond donors (Lipinski definition) is 2. The normalized spacial score (nSPS) is 17.1. The summed E-state index contributed by atoms with van der Waals surface area (Å²) in [5, 5.41) is 12.8. The molecule has 2 aromatic rings. The van der Waals surface area contributed by atoms with E-state index in [2.05, 4.69) is 5.32 Å². The standard InChI is InChI=1S/C19H22FNO3/c1-14(21-10-19(11-22)12-23-13-19)15-7-8-18(17(20)9-15)24-16-5-3-2-4-6-16/h2-9,14,21-22H,10-13H2,1H3. The Morgan fingerprint density at radius 2 is 2.00 bits per heavy atom. The first kappa shape index (κ1) is 16.9. The molecule has 0 radical (unpaired) electrons. The molecule has 128 valence electrons. The molecule has 1 unspecified atom stereocenters. The van der Waals surface area contributed by atoms with Crippen molar-refractivity contribution in [2.75, 3.05) is 26.4 Å². The van der Waals surface area contributed by atoms with Gasteiger partial charge in [-0.3, -0.25) is 0 Å². The van der Waals surface area contributed by atoms with Crippen LogP contribution in [0, 0.1) is 11.2 Å². The van der Waals surface area contributed by atoms with Crippen molar-refractivity contribution in [2.45, 2.75) is 13.0 Å². The van der Waals surface area contributed by atoms with Gasteiger partial charge in [0.05, 0.1) is 25.2 Å². The zero-order chi connectivity index (χ0) is 17.0. The van der Waals surface area contributed by atoms with Crippen LogP contribution in [-0.2, 0) is 4.74 Å². The summed E-state index contributed by atoms with van der Waals surface area (Å²) in [4.78, 5) is 0. The highest BCUT2D eigenvalue weighted by Gasteiger charge is 2.38. The van der Waals surface area contributed by atoms with Crippen molar-refractivity contribution in [3.8, 4) is 11.5 Å². The molecular weight excluding hydrogens is 309 g/mol. The van der Waals surface area contributed by atoms with Crippen LogP contribution in [0.1, 0.15) is 18.5 Å². The molecular formula is C19H22FNO3. The summed E-state index contributed by atoms with van der Waals surface area (Å²) in [6.45, 7) is 3.81. The van der Waals surface area contributed by atoms with E-state index in [9.17, 15) is 9.50 Å². The number of rotatable bonds is 7. The van der Waals surface area contributed by atoms with E-state index in [0.717, 1.165) is 5.56 Å². The SMILES string of the molecule is CC(NCC1(CO)COC1)c1ccc(Oc2ccccc2)c(F)c1. The van der Waals surface area contributed by atoms with E-state index in [4.69, 9.17) is 9.47 Å². The zero-order valence-corrected chi connectivity index (χ0v) is 13.7. The van der Waals surface area contributed by atoms with E-state index in [1.165, 1.54) is 6.07 Å². The molecule has 0 amide bonds. The van der Waals surface area contributed by atoms with Gasteiger partial charge in [-0.25, -0.2) is 4.39 Å². The summed E-state index contributed by atoms with van der Waals surface area (Å²) < 4.78 is 25.0. The zero-order valence-electron chi connectivity index (χ0n) is 13.7. The lowest BCUT2D eigenvalue weighted by Crippen LogP contribution is -2.52. The molecule has 5 heteroatoms. The van der Waals surface area contributed by atoms with Crippen LogP contribution in [0.15, 0.2) is 48.5 Å². The second-order valence-corrected chi connectivity index (χ2v) is 6.36. The fraction of sp³-hybridized carbons (Fsp3) is 0.368. The maximum absolute atomic E-state index is 14.3. The van der Waals surface area contributed by atoms with Crippen molar-refractivity contribution >= 4 is 0 Å². The van der Waals surface area contributed by atoms with Crippen LogP contribution >= 0.6 is 0 Å². The Hall–Kier alpha value is -1.95. The van der Waals surface area contributed by atoms with Crippen molar-refractivity contribution in [1.29, 1.82) is 0 Å². The van der Waals surface area contributed by atoms with Crippen molar-refractivity contribution < 1.29 is 19.0 Å². The Morgan fingerprint density at radius 3 is 2.58 bits per heavy atom. The van der Waals surface area contributed by atoms with Gasteiger partial charge in [-0.1, -0.05) is 24.3 Å². The van der Waals surface area contributed by atoms with Gasteiger partial charge in [-0.05, 0) is 36.8 Å². The minimum Gasteiger partial charge on any atom is -0.454 e. The largest absolute Gasteiger partial charge is 0.454 e. The van der Waals surface area contributed by atoms with Gasteiger partial charge in [-0.2, -0.15) is 0 Å². The highest BCUT2D eigenvalue weighted by molar-refractivity contribution is 5.35. The van der Waals surface area contributed by atoms with Crippen LogP contribution in [0.5, 0.6) is 11.5 Å². The van der Waals surface area contributed by atoms with E-state index >= 15 is 0 Å². The maximum Gasteiger partial charge on any atom is 0.166 e. The van der Waals surface area contributed by atoms with Crippen LogP contribution < -0.4 is 10.1 Å². The van der Waals surface area contributed by atoms with Crippen molar-refractivity contribution in [3.63, 3.8) is 0 Å². The van der Waals surface area contributed by atoms with Gasteiger partial charge >= 0.3 is 0 Å². The molecule has 3 rings (SSSR count). The van der Waals surface area contributed by atoms with E-state index in [-0.39, 0.29) is 23.8 Å². The van der Waals surface area contributed by atoms with E-state index in [1.807, 2.05) is 31.2 Å². The molecule has 2 aromatic carbocycles. The van der Waals surface area contributed by atoms with E-state index in [1.54, 1.807) is 18.2 Å². The Morgan fingerprint density at radius 1 is 1.25 bits per heavy atom. The summed E-state index contributed by atoms with van der Waals surface area (Å²) in [5.74, 6) is 0.412. The molecule has 0 saturated carbocycles. The first-order valence-corrected chi connectivity index (χ1v) is 8.06. The van der Waals surface area contributed by atoms with Crippen molar-refractivity contribution in [1.82, 2.24) is 5.32 Å². The Labute approximate surface area is 141 Å². The number of ether oxygens (including phenoxy) is 2. The molecule has 1 aliphatic rings. The highest BCUT2D eigenvalue weighted by atomic mass is 19.1. The van der Waals surface area contributed by atoms with E-state index < -0.39 is 5.82 Å². The Bertz CT molecular complexity index is 668. The first-order chi connectivity index (χ1) is 11.6. The number of halogens is 1. The number of aliphatic hydroxyl groups excluding tert-OH is 1. The van der Waals surface area contributed by atoms with Gasteiger partial charge in [0.15, 0.2) is 11.6 Å². The quantitative estimate of drug-likeness (QED) is 0.817. The minimum absolute atomic E-state index is 0.0331. The monoisotopic (exact) mass is 331 g/mol. The Balaban J connectivity index is 1.63. The van der Waals surface area contributed by atoms with Gasteiger partial charge in [0, 0.05) is 12.6 Å². The number of benzene rings is 2. The summed E-state index contributed by atoms with van der Waals surface area (Å²) in [6, 6.07) is 14.1. The maximum atomic E-state index is 14.3. The molecule has 24 heavy (non-hydrogen) atoms. The molecule has 0 spiro atoms. The number of hydrogen-bond acceptors (Lipinski definition) is 4. The number of aliphatic hydroxyl groups is 1. The van der Waals surface area contributed by atoms with Gasteiger partial charge < -0.3 is 19.9 Å². The van der Waals surface area contributed by atoms with Crippen LogP contribution in [0.3, 0.4) is 0 Å². The molecule has 1 aliphatic heterocycles. The second kappa shape index (κ2) is 7.30. The molecule has 1 atom stereocenters. The average Bonchev–Trinajstić information content (AvgIpc) is 2.57. The van der Waals surface area contributed by atoms with Crippen LogP contribution in [0.25, 0.3) is 0 Å². The fourth-order valence-corrected chi connectivity index (χ4v) is 2.61. The summed E-state index contributed by atoms with van der Waals surface area (Å²) >= 11 is 0. The smallest absolute Gasteiger partial charge is 0.166 e. The number of nitrogens with one attached hydrogen (secondary N) is 1. The van der Waals surface area contributed by atoms with Gasteiger partial charge in [0.1, 0.15) is 5.75 Å². The van der Waals surface area contributed by atoms with E-state index in [0.29, 0.717) is 25.5 Å². The van der Waals surface area contributed by atoms with Crippen molar-refractivity contribution in [2.24, 2.45) is 5.41 Å². The molecule has 1 saturated heterocycles. The third-order valence-corrected chi connectivity index (χ3v) is 4.36. The second-order valence-electron chi connectivity index (χ2n) is 6.36. The molecule has 4 nitrogen and oxygen atoms in total. The van der Waals surface area contributed by atoms with Gasteiger partial charge in [0.25, 0.3) is 0 Å². The number of para-hydroxylation sites is 1. The molecule has 0 bridgehead atoms. The molecule has 2 N–H and O–H groups in total. The lowest BCUT2D eigenvalue weighted by molar-refractivity contribution is -0.135. The fourth-order valence-electron chi connectivity index (χ4n) is 2.61. The summed E-state index contributed by atoms with van der Waals surface area (Å²) in [5.41, 5.74) is 0.629. The van der Waals surface area contributed by atoms with Crippen molar-refractivity contribution in [3.05, 3.63) is 59.9 Å². The van der Waals surface area contributed by atoms with Crippen LogP contribution in [0.4, 0.5) is 4.39 Å². The lowest BCUT2D eigenvalue weighted by Gasteiger charge is -2.40. The predicted octanol–water partition coefficient (Wildman–Crippen LogP) is 3.28. The minimum atomic E-state index is -0.395. The van der Waals surface area contributed by atoms with Crippen LogP contribution in [-0.4, -0.2) is 31.5 Å². The first-order valence-electron chi connectivity index (χ1n) is 8.06. The molecule has 1 fully saturated rings. The summed E-state index contributed by atoms with van der Waals surface area (Å²) in [7, 11) is 0. The molecule has 0 aliphatic carbocycles. The molecule has 1 heterocycles. The lowest BCUT2D eigenvalue weighted by atomic mass is 9.86. The predicted molar refractivity (Wildman–Crippen MR) is 89.7 cm³/mol. The third kappa shape index (κ3) is 3.75. The Kier molecular flexibility index (Phi) is 5.14. The third-order valence-electron chi connectivity index (χ3n) is 4.36. The average molecular weight is 331 g/mol.